The predicted octanol–water partition coefficient (Wildman–Crippen LogP) is 7.03. The van der Waals surface area contributed by atoms with Crippen molar-refractivity contribution in [3.05, 3.63) is 6.29 Å². The second kappa shape index (κ2) is 19.0. The SMILES string of the molecule is CCCCCCCCCCCCCCC[C](OCC)OCC. The van der Waals surface area contributed by atoms with E-state index in [4.69, 9.17) is 9.47 Å². The minimum absolute atomic E-state index is 0.716. The summed E-state index contributed by atoms with van der Waals surface area (Å²) < 4.78 is 11.0. The molecule has 0 aliphatic rings. The van der Waals surface area contributed by atoms with Gasteiger partial charge in [-0.25, -0.2) is 0 Å². The average molecular weight is 314 g/mol. The van der Waals surface area contributed by atoms with Crippen LogP contribution in [0.1, 0.15) is 111 Å². The Balaban J connectivity index is 3.16. The maximum Gasteiger partial charge on any atom is 0.223 e. The highest BCUT2D eigenvalue weighted by Gasteiger charge is 2.08. The Morgan fingerprint density at radius 2 is 0.864 bits per heavy atom. The summed E-state index contributed by atoms with van der Waals surface area (Å²) in [6.45, 7) is 7.75. The highest BCUT2D eigenvalue weighted by molar-refractivity contribution is 4.65. The van der Waals surface area contributed by atoms with Gasteiger partial charge in [-0.3, -0.25) is 0 Å². The van der Waals surface area contributed by atoms with Gasteiger partial charge in [-0.05, 0) is 20.3 Å². The molecule has 0 amide bonds. The first-order chi connectivity index (χ1) is 10.8. The Morgan fingerprint density at radius 1 is 0.500 bits per heavy atom. The summed E-state index contributed by atoms with van der Waals surface area (Å²) in [7, 11) is 0. The van der Waals surface area contributed by atoms with Gasteiger partial charge in [0.05, 0.1) is 0 Å². The minimum Gasteiger partial charge on any atom is -0.346 e. The van der Waals surface area contributed by atoms with E-state index in [2.05, 4.69) is 6.92 Å². The van der Waals surface area contributed by atoms with E-state index < -0.39 is 0 Å². The van der Waals surface area contributed by atoms with Crippen molar-refractivity contribution in [1.29, 1.82) is 0 Å². The van der Waals surface area contributed by atoms with Crippen molar-refractivity contribution in [3.63, 3.8) is 0 Å². The third kappa shape index (κ3) is 16.3. The molecule has 0 aromatic carbocycles. The number of hydrogen-bond donors (Lipinski definition) is 0. The van der Waals surface area contributed by atoms with Crippen molar-refractivity contribution in [2.24, 2.45) is 0 Å². The summed E-state index contributed by atoms with van der Waals surface area (Å²) >= 11 is 0. The Labute approximate surface area is 140 Å². The first kappa shape index (κ1) is 21.9. The zero-order chi connectivity index (χ0) is 16.3. The van der Waals surface area contributed by atoms with Crippen LogP contribution >= 0.6 is 0 Å². The summed E-state index contributed by atoms with van der Waals surface area (Å²) in [5.41, 5.74) is 0. The number of ether oxygens (including phenoxy) is 2. The van der Waals surface area contributed by atoms with Crippen LogP contribution in [0.4, 0.5) is 0 Å². The third-order valence-corrected chi connectivity index (χ3v) is 4.10. The lowest BCUT2D eigenvalue weighted by atomic mass is 10.0. The molecule has 0 saturated carbocycles. The fourth-order valence-corrected chi connectivity index (χ4v) is 2.80. The van der Waals surface area contributed by atoms with Crippen LogP contribution in [0, 0.1) is 6.29 Å². The van der Waals surface area contributed by atoms with Crippen molar-refractivity contribution in [2.75, 3.05) is 13.2 Å². The van der Waals surface area contributed by atoms with E-state index in [-0.39, 0.29) is 0 Å². The molecule has 2 nitrogen and oxygen atoms in total. The number of rotatable bonds is 18. The van der Waals surface area contributed by atoms with Crippen LogP contribution in [0.3, 0.4) is 0 Å². The second-order valence-electron chi connectivity index (χ2n) is 6.23. The van der Waals surface area contributed by atoms with Crippen LogP contribution in [0.25, 0.3) is 0 Å². The van der Waals surface area contributed by atoms with Gasteiger partial charge in [0.25, 0.3) is 0 Å². The maximum atomic E-state index is 5.48. The van der Waals surface area contributed by atoms with Gasteiger partial charge in [-0.1, -0.05) is 84.0 Å². The van der Waals surface area contributed by atoms with Gasteiger partial charge in [-0.15, -0.1) is 0 Å². The van der Waals surface area contributed by atoms with E-state index in [9.17, 15) is 0 Å². The fourth-order valence-electron chi connectivity index (χ4n) is 2.80. The standard InChI is InChI=1S/C20H41O2/c1-4-7-8-9-10-11-12-13-14-15-16-17-18-19-20(21-5-2)22-6-3/h4-19H2,1-3H3. The Bertz CT molecular complexity index is 188. The van der Waals surface area contributed by atoms with Gasteiger partial charge in [0, 0.05) is 19.6 Å². The normalized spacial score (nSPS) is 11.5. The minimum atomic E-state index is 0.716. The van der Waals surface area contributed by atoms with Gasteiger partial charge >= 0.3 is 0 Å². The monoisotopic (exact) mass is 313 g/mol. The number of unbranched alkanes of at least 4 members (excludes halogenated alkanes) is 12. The van der Waals surface area contributed by atoms with Crippen LogP contribution in [0.2, 0.25) is 0 Å². The molecule has 0 aromatic heterocycles. The molecule has 0 atom stereocenters. The number of hydrogen-bond acceptors (Lipinski definition) is 2. The largest absolute Gasteiger partial charge is 0.346 e. The van der Waals surface area contributed by atoms with E-state index in [1.807, 2.05) is 13.8 Å². The molecular formula is C20H41O2. The quantitative estimate of drug-likeness (QED) is 0.253. The van der Waals surface area contributed by atoms with Gasteiger partial charge in [0.2, 0.25) is 6.29 Å². The maximum absolute atomic E-state index is 5.48. The lowest BCUT2D eigenvalue weighted by Gasteiger charge is -2.14. The molecule has 1 radical (unpaired) electrons. The molecule has 0 N–H and O–H groups in total. The van der Waals surface area contributed by atoms with Crippen LogP contribution in [-0.2, 0) is 9.47 Å². The molecule has 0 aliphatic carbocycles. The van der Waals surface area contributed by atoms with E-state index in [1.165, 1.54) is 83.5 Å². The van der Waals surface area contributed by atoms with Gasteiger partial charge in [0.1, 0.15) is 0 Å². The van der Waals surface area contributed by atoms with Crippen LogP contribution in [0.15, 0.2) is 0 Å². The van der Waals surface area contributed by atoms with Crippen LogP contribution in [-0.4, -0.2) is 13.2 Å². The Kier molecular flexibility index (Phi) is 18.9. The fraction of sp³-hybridized carbons (Fsp3) is 0.950. The molecule has 133 valence electrons. The van der Waals surface area contributed by atoms with Crippen LogP contribution in [0.5, 0.6) is 0 Å². The molecule has 0 unspecified atom stereocenters. The van der Waals surface area contributed by atoms with Crippen molar-refractivity contribution in [1.82, 2.24) is 0 Å². The van der Waals surface area contributed by atoms with Gasteiger partial charge < -0.3 is 9.47 Å². The molecule has 0 rings (SSSR count). The second-order valence-corrected chi connectivity index (χ2v) is 6.23. The van der Waals surface area contributed by atoms with Crippen molar-refractivity contribution in [2.45, 2.75) is 111 Å². The summed E-state index contributed by atoms with van der Waals surface area (Å²) in [5.74, 6) is 0. The average Bonchev–Trinajstić information content (AvgIpc) is 2.52. The first-order valence-electron chi connectivity index (χ1n) is 9.96. The highest BCUT2D eigenvalue weighted by Crippen LogP contribution is 2.17. The molecular weight excluding hydrogens is 272 g/mol. The third-order valence-electron chi connectivity index (χ3n) is 4.10. The molecule has 0 heterocycles. The van der Waals surface area contributed by atoms with Crippen molar-refractivity contribution >= 4 is 0 Å². The Morgan fingerprint density at radius 3 is 1.23 bits per heavy atom. The highest BCUT2D eigenvalue weighted by atomic mass is 16.7. The van der Waals surface area contributed by atoms with Crippen molar-refractivity contribution < 1.29 is 9.47 Å². The van der Waals surface area contributed by atoms with E-state index in [1.54, 1.807) is 0 Å². The molecule has 0 spiro atoms. The Hall–Kier alpha value is -0.0800. The van der Waals surface area contributed by atoms with Crippen molar-refractivity contribution in [3.8, 4) is 0 Å². The molecule has 0 aliphatic heterocycles. The summed E-state index contributed by atoms with van der Waals surface area (Å²) in [6.07, 6.45) is 19.9. The summed E-state index contributed by atoms with van der Waals surface area (Å²) in [4.78, 5) is 0. The molecule has 22 heavy (non-hydrogen) atoms. The smallest absolute Gasteiger partial charge is 0.223 e. The van der Waals surface area contributed by atoms with E-state index in [0.717, 1.165) is 12.7 Å². The summed E-state index contributed by atoms with van der Waals surface area (Å²) in [6, 6.07) is 0. The van der Waals surface area contributed by atoms with Crippen LogP contribution < -0.4 is 0 Å². The predicted molar refractivity (Wildman–Crippen MR) is 96.8 cm³/mol. The van der Waals surface area contributed by atoms with E-state index >= 15 is 0 Å². The lowest BCUT2D eigenvalue weighted by Crippen LogP contribution is -2.08. The molecule has 0 fully saturated rings. The molecule has 2 heteroatoms. The summed E-state index contributed by atoms with van der Waals surface area (Å²) in [5, 5.41) is 0. The molecule has 0 saturated heterocycles. The molecule has 0 bridgehead atoms. The topological polar surface area (TPSA) is 18.5 Å². The zero-order valence-corrected chi connectivity index (χ0v) is 15.6. The lowest BCUT2D eigenvalue weighted by molar-refractivity contribution is -0.0433. The van der Waals surface area contributed by atoms with E-state index in [0.29, 0.717) is 13.2 Å². The first-order valence-corrected chi connectivity index (χ1v) is 9.96. The molecule has 0 aromatic rings. The zero-order valence-electron chi connectivity index (χ0n) is 15.6. The van der Waals surface area contributed by atoms with Gasteiger partial charge in [-0.2, -0.15) is 0 Å². The van der Waals surface area contributed by atoms with Gasteiger partial charge in [0.15, 0.2) is 0 Å².